The van der Waals surface area contributed by atoms with Crippen molar-refractivity contribution in [1.29, 1.82) is 0 Å². The first kappa shape index (κ1) is 22.9. The molecule has 0 bridgehead atoms. The number of benzene rings is 1. The van der Waals surface area contributed by atoms with Gasteiger partial charge in [0, 0.05) is 50.9 Å². The second-order valence-electron chi connectivity index (χ2n) is 7.12. The number of pyridine rings is 1. The lowest BCUT2D eigenvalue weighted by molar-refractivity contribution is -0.137. The number of carbonyl (C=O) groups is 2. The van der Waals surface area contributed by atoms with Crippen molar-refractivity contribution in [3.63, 3.8) is 0 Å². The van der Waals surface area contributed by atoms with Crippen molar-refractivity contribution in [3.05, 3.63) is 58.7 Å². The summed E-state index contributed by atoms with van der Waals surface area (Å²) in [4.78, 5) is 31.7. The van der Waals surface area contributed by atoms with Gasteiger partial charge in [0.2, 0.25) is 5.91 Å². The van der Waals surface area contributed by atoms with E-state index in [2.05, 4.69) is 10.3 Å². The number of hydrogen-bond acceptors (Lipinski definition) is 4. The van der Waals surface area contributed by atoms with Crippen LogP contribution in [0.4, 0.5) is 19.0 Å². The van der Waals surface area contributed by atoms with Crippen molar-refractivity contribution in [2.75, 3.05) is 37.6 Å². The monoisotopic (exact) mass is 454 g/mol. The number of amides is 2. The van der Waals surface area contributed by atoms with Crippen LogP contribution in [0.3, 0.4) is 0 Å². The lowest BCUT2D eigenvalue weighted by atomic mass is 10.2. The number of alkyl halides is 3. The topological polar surface area (TPSA) is 65.5 Å². The predicted molar refractivity (Wildman–Crippen MR) is 111 cm³/mol. The van der Waals surface area contributed by atoms with Crippen LogP contribution in [0.5, 0.6) is 0 Å². The minimum Gasteiger partial charge on any atom is -0.352 e. The van der Waals surface area contributed by atoms with Crippen molar-refractivity contribution in [1.82, 2.24) is 15.2 Å². The Labute approximate surface area is 183 Å². The first-order chi connectivity index (χ1) is 14.8. The number of piperazine rings is 1. The lowest BCUT2D eigenvalue weighted by Crippen LogP contribution is -2.49. The Morgan fingerprint density at radius 3 is 2.39 bits per heavy atom. The maximum Gasteiger partial charge on any atom is 0.417 e. The number of carbonyl (C=O) groups excluding carboxylic acids is 2. The summed E-state index contributed by atoms with van der Waals surface area (Å²) in [7, 11) is 0. The van der Waals surface area contributed by atoms with Crippen LogP contribution in [-0.4, -0.2) is 54.4 Å². The fourth-order valence-electron chi connectivity index (χ4n) is 3.28. The highest BCUT2D eigenvalue weighted by molar-refractivity contribution is 6.33. The Kier molecular flexibility index (Phi) is 7.37. The van der Waals surface area contributed by atoms with E-state index in [1.807, 2.05) is 6.07 Å². The number of nitrogens with one attached hydrogen (secondary N) is 1. The molecule has 0 unspecified atom stereocenters. The largest absolute Gasteiger partial charge is 0.417 e. The van der Waals surface area contributed by atoms with Gasteiger partial charge in [0.05, 0.1) is 10.6 Å². The van der Waals surface area contributed by atoms with Crippen LogP contribution in [0.1, 0.15) is 28.8 Å². The van der Waals surface area contributed by atoms with E-state index in [9.17, 15) is 22.8 Å². The standard InChI is InChI=1S/C21H22ClF3N4O2/c22-17-13-16(21(23,24)25)14-27-19(17)29-11-9-28(10-12-29)18(30)7-4-8-26-20(31)15-5-2-1-3-6-15/h1-3,5-6,13-14H,4,7-12H2,(H,26,31). The maximum absolute atomic E-state index is 12.8. The fourth-order valence-corrected chi connectivity index (χ4v) is 3.56. The molecule has 6 nitrogen and oxygen atoms in total. The maximum atomic E-state index is 12.8. The first-order valence-corrected chi connectivity index (χ1v) is 10.2. The molecule has 1 aliphatic heterocycles. The van der Waals surface area contributed by atoms with Gasteiger partial charge in [-0.3, -0.25) is 9.59 Å². The average molecular weight is 455 g/mol. The Morgan fingerprint density at radius 1 is 1.10 bits per heavy atom. The molecule has 1 aromatic carbocycles. The third-order valence-corrected chi connectivity index (χ3v) is 5.25. The van der Waals surface area contributed by atoms with Gasteiger partial charge in [-0.15, -0.1) is 0 Å². The second kappa shape index (κ2) is 10.00. The van der Waals surface area contributed by atoms with Crippen LogP contribution in [0, 0.1) is 0 Å². The quantitative estimate of drug-likeness (QED) is 0.677. The van der Waals surface area contributed by atoms with Crippen molar-refractivity contribution in [2.45, 2.75) is 19.0 Å². The van der Waals surface area contributed by atoms with E-state index in [0.29, 0.717) is 51.1 Å². The zero-order valence-electron chi connectivity index (χ0n) is 16.7. The summed E-state index contributed by atoms with van der Waals surface area (Å²) in [5.74, 6) is 0.0769. The molecule has 1 aliphatic rings. The molecule has 1 fully saturated rings. The minimum absolute atomic E-state index is 0.0277. The van der Waals surface area contributed by atoms with E-state index in [-0.39, 0.29) is 22.7 Å². The molecule has 0 aliphatic carbocycles. The summed E-state index contributed by atoms with van der Waals surface area (Å²) in [6.45, 7) is 2.09. The van der Waals surface area contributed by atoms with Crippen LogP contribution in [0.2, 0.25) is 5.02 Å². The summed E-state index contributed by atoms with van der Waals surface area (Å²) >= 11 is 6.00. The number of aromatic nitrogens is 1. The molecule has 0 radical (unpaired) electrons. The van der Waals surface area contributed by atoms with Gasteiger partial charge in [-0.25, -0.2) is 4.98 Å². The van der Waals surface area contributed by atoms with Crippen molar-refractivity contribution < 1.29 is 22.8 Å². The van der Waals surface area contributed by atoms with E-state index in [1.54, 1.807) is 34.1 Å². The summed E-state index contributed by atoms with van der Waals surface area (Å²) in [5, 5.41) is 2.72. The summed E-state index contributed by atoms with van der Waals surface area (Å²) in [6, 6.07) is 9.70. The van der Waals surface area contributed by atoms with Crippen molar-refractivity contribution in [3.8, 4) is 0 Å². The predicted octanol–water partition coefficient (Wildman–Crippen LogP) is 3.61. The van der Waals surface area contributed by atoms with Crippen LogP contribution in [0.15, 0.2) is 42.6 Å². The molecule has 166 valence electrons. The Morgan fingerprint density at radius 2 is 1.77 bits per heavy atom. The lowest BCUT2D eigenvalue weighted by Gasteiger charge is -2.36. The number of nitrogens with zero attached hydrogens (tertiary/aromatic N) is 3. The van der Waals surface area contributed by atoms with Gasteiger partial charge in [0.15, 0.2) is 0 Å². The molecule has 1 N–H and O–H groups in total. The van der Waals surface area contributed by atoms with E-state index in [1.165, 1.54) is 0 Å². The molecule has 2 aromatic rings. The summed E-state index contributed by atoms with van der Waals surface area (Å²) in [5.41, 5.74) is -0.324. The van der Waals surface area contributed by atoms with Gasteiger partial charge < -0.3 is 15.1 Å². The zero-order valence-corrected chi connectivity index (χ0v) is 17.4. The fraction of sp³-hybridized carbons (Fsp3) is 0.381. The van der Waals surface area contributed by atoms with Crippen LogP contribution >= 0.6 is 11.6 Å². The number of hydrogen-bond donors (Lipinski definition) is 1. The smallest absolute Gasteiger partial charge is 0.352 e. The van der Waals surface area contributed by atoms with Crippen molar-refractivity contribution >= 4 is 29.2 Å². The van der Waals surface area contributed by atoms with Crippen LogP contribution in [-0.2, 0) is 11.0 Å². The molecule has 1 saturated heterocycles. The van der Waals surface area contributed by atoms with Gasteiger partial charge in [-0.2, -0.15) is 13.2 Å². The number of halogens is 4. The highest BCUT2D eigenvalue weighted by Gasteiger charge is 2.32. The molecule has 3 rings (SSSR count). The first-order valence-electron chi connectivity index (χ1n) is 9.84. The highest BCUT2D eigenvalue weighted by Crippen LogP contribution is 2.33. The Balaban J connectivity index is 1.42. The Hall–Kier alpha value is -2.81. The second-order valence-corrected chi connectivity index (χ2v) is 7.53. The van der Waals surface area contributed by atoms with Gasteiger partial charge in [-0.1, -0.05) is 29.8 Å². The third-order valence-electron chi connectivity index (χ3n) is 4.97. The van der Waals surface area contributed by atoms with E-state index in [0.717, 1.165) is 12.3 Å². The molecule has 0 spiro atoms. The van der Waals surface area contributed by atoms with Crippen LogP contribution < -0.4 is 10.2 Å². The third kappa shape index (κ3) is 6.10. The van der Waals surface area contributed by atoms with Gasteiger partial charge in [0.1, 0.15) is 5.82 Å². The molecule has 1 aromatic heterocycles. The molecule has 2 heterocycles. The average Bonchev–Trinajstić information content (AvgIpc) is 2.76. The Bertz CT molecular complexity index is 917. The summed E-state index contributed by atoms with van der Waals surface area (Å²) < 4.78 is 38.3. The highest BCUT2D eigenvalue weighted by atomic mass is 35.5. The molecular weight excluding hydrogens is 433 g/mol. The van der Waals surface area contributed by atoms with Crippen LogP contribution in [0.25, 0.3) is 0 Å². The molecule has 0 saturated carbocycles. The van der Waals surface area contributed by atoms with Crippen molar-refractivity contribution in [2.24, 2.45) is 0 Å². The zero-order chi connectivity index (χ0) is 22.4. The molecule has 2 amide bonds. The molecule has 0 atom stereocenters. The van der Waals surface area contributed by atoms with E-state index >= 15 is 0 Å². The van der Waals surface area contributed by atoms with E-state index in [4.69, 9.17) is 11.6 Å². The van der Waals surface area contributed by atoms with E-state index < -0.39 is 11.7 Å². The molecule has 31 heavy (non-hydrogen) atoms. The SMILES string of the molecule is O=C(NCCCC(=O)N1CCN(c2ncc(C(F)(F)F)cc2Cl)CC1)c1ccccc1. The summed E-state index contributed by atoms with van der Waals surface area (Å²) in [6.07, 6.45) is -2.92. The van der Waals surface area contributed by atoms with Gasteiger partial charge >= 0.3 is 6.18 Å². The normalized spacial score (nSPS) is 14.5. The number of anilines is 1. The minimum atomic E-state index is -4.50. The molecular formula is C21H22ClF3N4O2. The number of rotatable bonds is 6. The molecule has 10 heteroatoms. The van der Waals surface area contributed by atoms with Gasteiger partial charge in [0.25, 0.3) is 5.91 Å². The van der Waals surface area contributed by atoms with Gasteiger partial charge in [-0.05, 0) is 24.6 Å².